The third kappa shape index (κ3) is 5.54. The van der Waals surface area contributed by atoms with Gasteiger partial charge in [-0.3, -0.25) is 4.79 Å². The molecule has 0 aliphatic carbocycles. The third-order valence-corrected chi connectivity index (χ3v) is 4.34. The lowest BCUT2D eigenvalue weighted by molar-refractivity contribution is 0.102. The molecular weight excluding hydrogens is 364 g/mol. The number of hydrogen-bond donors (Lipinski definition) is 2. The highest BCUT2D eigenvalue weighted by atomic mass is 16.5. The molecule has 3 aromatic rings. The molecule has 0 saturated carbocycles. The first-order valence-electron chi connectivity index (χ1n) is 9.71. The largest absolute Gasteiger partial charge is 0.494 e. The highest BCUT2D eigenvalue weighted by Crippen LogP contribution is 2.21. The molecule has 0 atom stereocenters. The van der Waals surface area contributed by atoms with Crippen LogP contribution in [-0.2, 0) is 0 Å². The van der Waals surface area contributed by atoms with Crippen molar-refractivity contribution in [2.24, 2.45) is 0 Å². The number of anilines is 3. The number of carbonyl (C=O) groups excluding carboxylic acids is 1. The Morgan fingerprint density at radius 1 is 1.00 bits per heavy atom. The van der Waals surface area contributed by atoms with E-state index in [1.165, 1.54) is 5.56 Å². The van der Waals surface area contributed by atoms with Crippen molar-refractivity contribution in [1.29, 1.82) is 0 Å². The van der Waals surface area contributed by atoms with Crippen LogP contribution in [0.2, 0.25) is 0 Å². The maximum Gasteiger partial charge on any atom is 0.274 e. The fourth-order valence-electron chi connectivity index (χ4n) is 2.84. The zero-order chi connectivity index (χ0) is 20.8. The van der Waals surface area contributed by atoms with Crippen LogP contribution in [0.1, 0.15) is 48.6 Å². The van der Waals surface area contributed by atoms with Gasteiger partial charge in [0, 0.05) is 17.4 Å². The summed E-state index contributed by atoms with van der Waals surface area (Å²) in [4.78, 5) is 21.3. The lowest BCUT2D eigenvalue weighted by Crippen LogP contribution is -2.15. The van der Waals surface area contributed by atoms with E-state index in [1.54, 1.807) is 13.0 Å². The second-order valence-corrected chi connectivity index (χ2v) is 7.00. The van der Waals surface area contributed by atoms with Crippen molar-refractivity contribution in [3.63, 3.8) is 0 Å². The van der Waals surface area contributed by atoms with Gasteiger partial charge in [0.25, 0.3) is 5.91 Å². The number of benzene rings is 2. The van der Waals surface area contributed by atoms with Gasteiger partial charge in [0.05, 0.1) is 6.61 Å². The summed E-state index contributed by atoms with van der Waals surface area (Å²) in [6.07, 6.45) is 0. The first kappa shape index (κ1) is 20.3. The van der Waals surface area contributed by atoms with Crippen molar-refractivity contribution < 1.29 is 9.53 Å². The van der Waals surface area contributed by atoms with E-state index in [-0.39, 0.29) is 5.91 Å². The summed E-state index contributed by atoms with van der Waals surface area (Å²) in [6.45, 7) is 8.60. The topological polar surface area (TPSA) is 76.1 Å². The fraction of sp³-hybridized carbons (Fsp3) is 0.261. The SMILES string of the molecule is CCOc1ccc(Nc2cc(C(=O)Nc3ccc(C(C)C)cc3)nc(C)n2)cc1. The van der Waals surface area contributed by atoms with E-state index in [4.69, 9.17) is 4.74 Å². The Labute approximate surface area is 171 Å². The zero-order valence-electron chi connectivity index (χ0n) is 17.2. The van der Waals surface area contributed by atoms with Crippen molar-refractivity contribution in [3.8, 4) is 5.75 Å². The van der Waals surface area contributed by atoms with Crippen LogP contribution in [0.3, 0.4) is 0 Å². The smallest absolute Gasteiger partial charge is 0.274 e. The van der Waals surface area contributed by atoms with E-state index in [2.05, 4.69) is 34.4 Å². The molecule has 0 aliphatic rings. The van der Waals surface area contributed by atoms with Crippen LogP contribution in [0.5, 0.6) is 5.75 Å². The summed E-state index contributed by atoms with van der Waals surface area (Å²) < 4.78 is 5.45. The molecule has 2 N–H and O–H groups in total. The summed E-state index contributed by atoms with van der Waals surface area (Å²) in [7, 11) is 0. The van der Waals surface area contributed by atoms with E-state index >= 15 is 0 Å². The molecule has 2 aromatic carbocycles. The number of aromatic nitrogens is 2. The first-order valence-corrected chi connectivity index (χ1v) is 9.71. The van der Waals surface area contributed by atoms with Crippen LogP contribution < -0.4 is 15.4 Å². The molecule has 150 valence electrons. The molecule has 6 nitrogen and oxygen atoms in total. The van der Waals surface area contributed by atoms with Gasteiger partial charge >= 0.3 is 0 Å². The number of hydrogen-bond acceptors (Lipinski definition) is 5. The Morgan fingerprint density at radius 3 is 2.28 bits per heavy atom. The van der Waals surface area contributed by atoms with Crippen molar-refractivity contribution in [3.05, 3.63) is 71.7 Å². The third-order valence-electron chi connectivity index (χ3n) is 4.34. The van der Waals surface area contributed by atoms with Crippen LogP contribution in [-0.4, -0.2) is 22.5 Å². The molecule has 0 aliphatic heterocycles. The van der Waals surface area contributed by atoms with Crippen LogP contribution in [0.25, 0.3) is 0 Å². The molecule has 3 rings (SSSR count). The van der Waals surface area contributed by atoms with Gasteiger partial charge in [0.2, 0.25) is 0 Å². The Morgan fingerprint density at radius 2 is 1.66 bits per heavy atom. The Balaban J connectivity index is 1.72. The van der Waals surface area contributed by atoms with E-state index < -0.39 is 0 Å². The normalized spacial score (nSPS) is 10.7. The Kier molecular flexibility index (Phi) is 6.44. The molecular formula is C23H26N4O2. The number of nitrogens with one attached hydrogen (secondary N) is 2. The number of aryl methyl sites for hydroxylation is 1. The summed E-state index contributed by atoms with van der Waals surface area (Å²) in [5, 5.41) is 6.10. The summed E-state index contributed by atoms with van der Waals surface area (Å²) in [5.74, 6) is 2.05. The number of amides is 1. The Bertz CT molecular complexity index is 967. The first-order chi connectivity index (χ1) is 13.9. The molecule has 0 fully saturated rings. The number of nitrogens with zero attached hydrogens (tertiary/aromatic N) is 2. The van der Waals surface area contributed by atoms with Crippen LogP contribution in [0, 0.1) is 6.92 Å². The average Bonchev–Trinajstić information content (AvgIpc) is 2.69. The summed E-state index contributed by atoms with van der Waals surface area (Å²) in [6, 6.07) is 17.1. The van der Waals surface area contributed by atoms with E-state index in [0.717, 1.165) is 17.1 Å². The lowest BCUT2D eigenvalue weighted by atomic mass is 10.0. The van der Waals surface area contributed by atoms with Crippen molar-refractivity contribution >= 4 is 23.1 Å². The highest BCUT2D eigenvalue weighted by molar-refractivity contribution is 6.03. The second-order valence-electron chi connectivity index (χ2n) is 7.00. The molecule has 1 aromatic heterocycles. The minimum absolute atomic E-state index is 0.275. The summed E-state index contributed by atoms with van der Waals surface area (Å²) in [5.41, 5.74) is 3.11. The quantitative estimate of drug-likeness (QED) is 0.572. The number of carbonyl (C=O) groups is 1. The molecule has 1 heterocycles. The molecule has 6 heteroatoms. The minimum atomic E-state index is -0.275. The van der Waals surface area contributed by atoms with Crippen molar-refractivity contribution in [2.45, 2.75) is 33.6 Å². The molecule has 0 spiro atoms. The van der Waals surface area contributed by atoms with E-state index in [0.29, 0.717) is 29.9 Å². The summed E-state index contributed by atoms with van der Waals surface area (Å²) >= 11 is 0. The fourth-order valence-corrected chi connectivity index (χ4v) is 2.84. The van der Waals surface area contributed by atoms with Crippen molar-refractivity contribution in [1.82, 2.24) is 9.97 Å². The highest BCUT2D eigenvalue weighted by Gasteiger charge is 2.12. The van der Waals surface area contributed by atoms with E-state index in [1.807, 2.05) is 55.5 Å². The predicted octanol–water partition coefficient (Wildman–Crippen LogP) is 5.30. The Hall–Kier alpha value is -3.41. The monoisotopic (exact) mass is 390 g/mol. The standard InChI is InChI=1S/C23H26N4O2/c1-5-29-20-12-10-18(11-13-20)26-22-14-21(24-16(4)25-22)23(28)27-19-8-6-17(7-9-19)15(2)3/h6-15H,5H2,1-4H3,(H,27,28)(H,24,25,26). The van der Waals surface area contributed by atoms with Gasteiger partial charge in [0.15, 0.2) is 0 Å². The maximum atomic E-state index is 12.7. The van der Waals surface area contributed by atoms with Gasteiger partial charge in [-0.2, -0.15) is 0 Å². The van der Waals surface area contributed by atoms with Gasteiger partial charge in [-0.25, -0.2) is 9.97 Å². The molecule has 0 radical (unpaired) electrons. The molecule has 0 saturated heterocycles. The molecule has 1 amide bonds. The predicted molar refractivity (Wildman–Crippen MR) is 116 cm³/mol. The number of rotatable bonds is 7. The van der Waals surface area contributed by atoms with Crippen LogP contribution in [0.15, 0.2) is 54.6 Å². The van der Waals surface area contributed by atoms with Gasteiger partial charge in [0.1, 0.15) is 23.1 Å². The second kappa shape index (κ2) is 9.19. The molecule has 0 unspecified atom stereocenters. The minimum Gasteiger partial charge on any atom is -0.494 e. The number of ether oxygens (including phenoxy) is 1. The van der Waals surface area contributed by atoms with Crippen LogP contribution in [0.4, 0.5) is 17.2 Å². The van der Waals surface area contributed by atoms with Gasteiger partial charge in [-0.1, -0.05) is 26.0 Å². The molecule has 29 heavy (non-hydrogen) atoms. The zero-order valence-corrected chi connectivity index (χ0v) is 17.2. The van der Waals surface area contributed by atoms with E-state index in [9.17, 15) is 4.79 Å². The molecule has 0 bridgehead atoms. The lowest BCUT2D eigenvalue weighted by Gasteiger charge is -2.11. The van der Waals surface area contributed by atoms with Gasteiger partial charge < -0.3 is 15.4 Å². The maximum absolute atomic E-state index is 12.7. The van der Waals surface area contributed by atoms with Gasteiger partial charge in [-0.05, 0) is 61.7 Å². The van der Waals surface area contributed by atoms with Gasteiger partial charge in [-0.15, -0.1) is 0 Å². The average molecular weight is 390 g/mol. The van der Waals surface area contributed by atoms with Crippen LogP contribution >= 0.6 is 0 Å². The van der Waals surface area contributed by atoms with Crippen molar-refractivity contribution in [2.75, 3.05) is 17.2 Å².